The van der Waals surface area contributed by atoms with Gasteiger partial charge in [-0.15, -0.1) is 0 Å². The monoisotopic (exact) mass is 321 g/mol. The highest BCUT2D eigenvalue weighted by molar-refractivity contribution is 5.96. The van der Waals surface area contributed by atoms with E-state index >= 15 is 0 Å². The summed E-state index contributed by atoms with van der Waals surface area (Å²) >= 11 is 0. The molecule has 3 rings (SSSR count). The third-order valence-corrected chi connectivity index (χ3v) is 4.48. The van der Waals surface area contributed by atoms with Gasteiger partial charge in [-0.1, -0.05) is 6.07 Å². The molecule has 0 unspecified atom stereocenters. The van der Waals surface area contributed by atoms with E-state index in [1.807, 2.05) is 0 Å². The fraction of sp³-hybridized carbons (Fsp3) is 0.500. The van der Waals surface area contributed by atoms with E-state index in [0.717, 1.165) is 26.2 Å². The molecule has 2 heterocycles. The molecule has 0 saturated carbocycles. The van der Waals surface area contributed by atoms with E-state index in [-0.39, 0.29) is 30.2 Å². The molecule has 6 nitrogen and oxygen atoms in total. The number of quaternary nitrogens is 1. The first kappa shape index (κ1) is 15.7. The second-order valence-electron chi connectivity index (χ2n) is 6.28. The molecule has 0 aromatic heterocycles. The summed E-state index contributed by atoms with van der Waals surface area (Å²) in [6.45, 7) is 3.71. The molecular formula is C16H22FN4O2+. The molecule has 0 spiro atoms. The average Bonchev–Trinajstić information content (AvgIpc) is 2.88. The zero-order valence-corrected chi connectivity index (χ0v) is 13.2. The minimum atomic E-state index is -0.372. The highest BCUT2D eigenvalue weighted by Crippen LogP contribution is 2.22. The van der Waals surface area contributed by atoms with Crippen LogP contribution < -0.4 is 15.1 Å². The van der Waals surface area contributed by atoms with E-state index in [9.17, 15) is 14.0 Å². The first-order valence-electron chi connectivity index (χ1n) is 7.95. The fourth-order valence-electron chi connectivity index (χ4n) is 3.06. The molecule has 0 radical (unpaired) electrons. The molecule has 2 aliphatic heterocycles. The molecule has 0 bridgehead atoms. The van der Waals surface area contributed by atoms with Crippen molar-refractivity contribution in [3.8, 4) is 0 Å². The van der Waals surface area contributed by atoms with E-state index < -0.39 is 0 Å². The summed E-state index contributed by atoms with van der Waals surface area (Å²) in [5.74, 6) is -0.466. The Balaban J connectivity index is 1.58. The van der Waals surface area contributed by atoms with Crippen LogP contribution in [0.1, 0.15) is 6.42 Å². The Bertz CT molecular complexity index is 601. The third-order valence-electron chi connectivity index (χ3n) is 4.48. The van der Waals surface area contributed by atoms with Crippen molar-refractivity contribution in [2.24, 2.45) is 0 Å². The van der Waals surface area contributed by atoms with Crippen LogP contribution in [0.4, 0.5) is 14.9 Å². The van der Waals surface area contributed by atoms with E-state index in [0.29, 0.717) is 12.2 Å². The van der Waals surface area contributed by atoms with E-state index in [4.69, 9.17) is 0 Å². The molecular weight excluding hydrogens is 299 g/mol. The number of piperazine rings is 1. The SMILES string of the molecule is C[NH+]1CCN(C(=O)N[C@H]2CC(=O)N(c3cccc(F)c3)C2)CC1. The second-order valence-corrected chi connectivity index (χ2v) is 6.28. The summed E-state index contributed by atoms with van der Waals surface area (Å²) in [7, 11) is 2.11. The molecule has 1 aromatic rings. The van der Waals surface area contributed by atoms with Crippen LogP contribution in [0, 0.1) is 5.82 Å². The van der Waals surface area contributed by atoms with Crippen molar-refractivity contribution in [2.75, 3.05) is 44.7 Å². The molecule has 2 fully saturated rings. The van der Waals surface area contributed by atoms with Crippen LogP contribution in [0.2, 0.25) is 0 Å². The number of nitrogens with one attached hydrogen (secondary N) is 2. The number of benzene rings is 1. The lowest BCUT2D eigenvalue weighted by Crippen LogP contribution is -3.12. The van der Waals surface area contributed by atoms with Crippen molar-refractivity contribution in [3.05, 3.63) is 30.1 Å². The van der Waals surface area contributed by atoms with Gasteiger partial charge < -0.3 is 20.0 Å². The predicted molar refractivity (Wildman–Crippen MR) is 83.9 cm³/mol. The maximum absolute atomic E-state index is 13.3. The number of urea groups is 1. The summed E-state index contributed by atoms with van der Waals surface area (Å²) in [5.41, 5.74) is 0.537. The standard InChI is InChI=1S/C16H21FN4O2/c1-19-5-7-20(8-6-19)16(23)18-13-10-15(22)21(11-13)14-4-2-3-12(17)9-14/h2-4,9,13H,5-8,10-11H2,1H3,(H,18,23)/p+1/t13-/m0/s1. The third kappa shape index (κ3) is 3.61. The van der Waals surface area contributed by atoms with Crippen molar-refractivity contribution >= 4 is 17.6 Å². The molecule has 2 saturated heterocycles. The molecule has 2 aliphatic rings. The average molecular weight is 321 g/mol. The molecule has 3 amide bonds. The Morgan fingerprint density at radius 2 is 2.09 bits per heavy atom. The summed E-state index contributed by atoms with van der Waals surface area (Å²) < 4.78 is 13.3. The Hall–Kier alpha value is -2.15. The summed E-state index contributed by atoms with van der Waals surface area (Å²) in [4.78, 5) is 29.2. The molecule has 1 atom stereocenters. The molecule has 23 heavy (non-hydrogen) atoms. The highest BCUT2D eigenvalue weighted by atomic mass is 19.1. The van der Waals surface area contributed by atoms with Gasteiger partial charge in [0, 0.05) is 18.7 Å². The zero-order valence-electron chi connectivity index (χ0n) is 13.2. The van der Waals surface area contributed by atoms with Crippen molar-refractivity contribution in [1.29, 1.82) is 0 Å². The first-order chi connectivity index (χ1) is 11.0. The van der Waals surface area contributed by atoms with Gasteiger partial charge in [0.15, 0.2) is 0 Å². The second kappa shape index (κ2) is 6.54. The lowest BCUT2D eigenvalue weighted by atomic mass is 10.2. The maximum Gasteiger partial charge on any atom is 0.318 e. The number of hydrogen-bond donors (Lipinski definition) is 2. The number of halogens is 1. The van der Waals surface area contributed by atoms with Gasteiger partial charge in [-0.3, -0.25) is 4.79 Å². The number of amides is 3. The van der Waals surface area contributed by atoms with E-state index in [1.54, 1.807) is 17.0 Å². The maximum atomic E-state index is 13.3. The summed E-state index contributed by atoms with van der Waals surface area (Å²) in [6, 6.07) is 5.62. The predicted octanol–water partition coefficient (Wildman–Crippen LogP) is -0.529. The van der Waals surface area contributed by atoms with Crippen LogP contribution in [0.25, 0.3) is 0 Å². The Labute approximate surface area is 134 Å². The van der Waals surface area contributed by atoms with Crippen LogP contribution >= 0.6 is 0 Å². The van der Waals surface area contributed by atoms with E-state index in [1.165, 1.54) is 21.9 Å². The van der Waals surface area contributed by atoms with Gasteiger partial charge in [-0.2, -0.15) is 0 Å². The van der Waals surface area contributed by atoms with Gasteiger partial charge in [-0.25, -0.2) is 9.18 Å². The lowest BCUT2D eigenvalue weighted by Gasteiger charge is -2.31. The minimum absolute atomic E-state index is 0.0938. The number of likely N-dealkylation sites (N-methyl/N-ethyl adjacent to an activating group) is 1. The van der Waals surface area contributed by atoms with Gasteiger partial charge in [-0.05, 0) is 18.2 Å². The van der Waals surface area contributed by atoms with Crippen molar-refractivity contribution < 1.29 is 18.9 Å². The number of carbonyl (C=O) groups excluding carboxylic acids is 2. The van der Waals surface area contributed by atoms with Gasteiger partial charge in [0.05, 0.1) is 39.3 Å². The topological polar surface area (TPSA) is 57.1 Å². The normalized spacial score (nSPS) is 22.5. The number of nitrogens with zero attached hydrogens (tertiary/aromatic N) is 2. The van der Waals surface area contributed by atoms with Crippen molar-refractivity contribution in [2.45, 2.75) is 12.5 Å². The lowest BCUT2D eigenvalue weighted by molar-refractivity contribution is -0.883. The highest BCUT2D eigenvalue weighted by Gasteiger charge is 2.33. The van der Waals surface area contributed by atoms with Crippen LogP contribution in [0.5, 0.6) is 0 Å². The van der Waals surface area contributed by atoms with Gasteiger partial charge in [0.1, 0.15) is 5.82 Å². The molecule has 124 valence electrons. The Kier molecular flexibility index (Phi) is 4.47. The fourth-order valence-corrected chi connectivity index (χ4v) is 3.06. The number of carbonyl (C=O) groups is 2. The number of hydrogen-bond acceptors (Lipinski definition) is 2. The first-order valence-corrected chi connectivity index (χ1v) is 7.95. The summed E-state index contributed by atoms with van der Waals surface area (Å²) in [6.07, 6.45) is 0.251. The van der Waals surface area contributed by atoms with Gasteiger partial charge in [0.25, 0.3) is 0 Å². The van der Waals surface area contributed by atoms with Crippen molar-refractivity contribution in [3.63, 3.8) is 0 Å². The number of rotatable bonds is 2. The largest absolute Gasteiger partial charge is 0.334 e. The molecule has 0 aliphatic carbocycles. The quantitative estimate of drug-likeness (QED) is 0.769. The van der Waals surface area contributed by atoms with Crippen LogP contribution in [0.3, 0.4) is 0 Å². The summed E-state index contributed by atoms with van der Waals surface area (Å²) in [5, 5.41) is 2.93. The Morgan fingerprint density at radius 1 is 1.35 bits per heavy atom. The minimum Gasteiger partial charge on any atom is -0.334 e. The zero-order chi connectivity index (χ0) is 16.4. The number of anilines is 1. The Morgan fingerprint density at radius 3 is 2.78 bits per heavy atom. The van der Waals surface area contributed by atoms with Gasteiger partial charge >= 0.3 is 6.03 Å². The molecule has 7 heteroatoms. The molecule has 1 aromatic carbocycles. The van der Waals surface area contributed by atoms with Crippen molar-refractivity contribution in [1.82, 2.24) is 10.2 Å². The van der Waals surface area contributed by atoms with Crippen LogP contribution in [0.15, 0.2) is 24.3 Å². The van der Waals surface area contributed by atoms with Crippen LogP contribution in [-0.2, 0) is 4.79 Å². The van der Waals surface area contributed by atoms with Crippen LogP contribution in [-0.4, -0.2) is 62.7 Å². The van der Waals surface area contributed by atoms with Gasteiger partial charge in [0.2, 0.25) is 5.91 Å². The molecule has 2 N–H and O–H groups in total. The van der Waals surface area contributed by atoms with E-state index in [2.05, 4.69) is 12.4 Å². The smallest absolute Gasteiger partial charge is 0.318 e.